The van der Waals surface area contributed by atoms with Gasteiger partial charge in [0.2, 0.25) is 5.91 Å². The summed E-state index contributed by atoms with van der Waals surface area (Å²) in [7, 11) is 0. The molecule has 5 heteroatoms. The third-order valence-corrected chi connectivity index (χ3v) is 2.63. The number of carbonyl (C=O) groups is 1. The van der Waals surface area contributed by atoms with Crippen LogP contribution in [0.2, 0.25) is 0 Å². The maximum absolute atomic E-state index is 11.5. The first kappa shape index (κ1) is 11.6. The summed E-state index contributed by atoms with van der Waals surface area (Å²) >= 11 is 0. The molecule has 0 atom stereocenters. The number of fused-ring (bicyclic) bond motifs is 1. The van der Waals surface area contributed by atoms with Gasteiger partial charge in [0.15, 0.2) is 0 Å². The minimum atomic E-state index is 0.0379. The van der Waals surface area contributed by atoms with Crippen LogP contribution in [-0.4, -0.2) is 22.4 Å². The molecule has 90 valence electrons. The Labute approximate surface area is 99.4 Å². The number of aromatic amines is 1. The normalized spacial score (nSPS) is 10.6. The van der Waals surface area contributed by atoms with E-state index in [-0.39, 0.29) is 5.91 Å². The van der Waals surface area contributed by atoms with Crippen molar-refractivity contribution in [3.63, 3.8) is 0 Å². The van der Waals surface area contributed by atoms with Crippen LogP contribution >= 0.6 is 0 Å². The fraction of sp³-hybridized carbons (Fsp3) is 0.333. The second-order valence-electron chi connectivity index (χ2n) is 3.88. The van der Waals surface area contributed by atoms with Crippen molar-refractivity contribution in [3.8, 4) is 0 Å². The van der Waals surface area contributed by atoms with Gasteiger partial charge in [0.1, 0.15) is 5.65 Å². The molecule has 0 saturated carbocycles. The zero-order chi connectivity index (χ0) is 12.1. The van der Waals surface area contributed by atoms with E-state index in [1.54, 1.807) is 6.20 Å². The van der Waals surface area contributed by atoms with Crippen molar-refractivity contribution in [3.05, 3.63) is 30.1 Å². The predicted octanol–water partition coefficient (Wildman–Crippen LogP) is 0.918. The minimum Gasteiger partial charge on any atom is -0.352 e. The molecule has 0 radical (unpaired) electrons. The van der Waals surface area contributed by atoms with Crippen LogP contribution in [0.25, 0.3) is 11.0 Å². The summed E-state index contributed by atoms with van der Waals surface area (Å²) in [5.41, 5.74) is 7.27. The van der Waals surface area contributed by atoms with Crippen molar-refractivity contribution in [2.45, 2.75) is 19.4 Å². The molecule has 2 rings (SSSR count). The van der Waals surface area contributed by atoms with Crippen molar-refractivity contribution in [1.82, 2.24) is 15.3 Å². The van der Waals surface area contributed by atoms with Crippen LogP contribution in [0.4, 0.5) is 0 Å². The van der Waals surface area contributed by atoms with Gasteiger partial charge in [0, 0.05) is 30.7 Å². The van der Waals surface area contributed by atoms with E-state index in [1.165, 1.54) is 0 Å². The molecule has 5 nitrogen and oxygen atoms in total. The van der Waals surface area contributed by atoms with Gasteiger partial charge in [-0.2, -0.15) is 0 Å². The lowest BCUT2D eigenvalue weighted by Crippen LogP contribution is -2.23. The number of hydrogen-bond donors (Lipinski definition) is 3. The van der Waals surface area contributed by atoms with Gasteiger partial charge in [-0.15, -0.1) is 0 Å². The van der Waals surface area contributed by atoms with Gasteiger partial charge in [-0.3, -0.25) is 4.79 Å². The summed E-state index contributed by atoms with van der Waals surface area (Å²) in [6.45, 7) is 1.07. The lowest BCUT2D eigenvalue weighted by molar-refractivity contribution is -0.121. The summed E-state index contributed by atoms with van der Waals surface area (Å²) in [6.07, 6.45) is 4.79. The summed E-state index contributed by atoms with van der Waals surface area (Å²) in [6, 6.07) is 3.88. The zero-order valence-electron chi connectivity index (χ0n) is 9.57. The number of nitrogens with zero attached hydrogens (tertiary/aromatic N) is 1. The predicted molar refractivity (Wildman–Crippen MR) is 66.2 cm³/mol. The topological polar surface area (TPSA) is 83.8 Å². The molecule has 2 aromatic rings. The quantitative estimate of drug-likeness (QED) is 0.716. The smallest absolute Gasteiger partial charge is 0.220 e. The molecule has 0 fully saturated rings. The first-order chi connectivity index (χ1) is 8.31. The number of aromatic nitrogens is 2. The summed E-state index contributed by atoms with van der Waals surface area (Å²) in [4.78, 5) is 18.7. The van der Waals surface area contributed by atoms with Crippen molar-refractivity contribution >= 4 is 16.9 Å². The van der Waals surface area contributed by atoms with Gasteiger partial charge in [-0.1, -0.05) is 0 Å². The third kappa shape index (κ3) is 2.82. The van der Waals surface area contributed by atoms with E-state index in [0.717, 1.165) is 23.0 Å². The number of carbonyl (C=O) groups excluding carboxylic acids is 1. The van der Waals surface area contributed by atoms with E-state index in [0.29, 0.717) is 19.5 Å². The van der Waals surface area contributed by atoms with E-state index in [2.05, 4.69) is 15.3 Å². The number of amides is 1. The van der Waals surface area contributed by atoms with E-state index in [4.69, 9.17) is 5.73 Å². The third-order valence-electron chi connectivity index (χ3n) is 2.63. The first-order valence-corrected chi connectivity index (χ1v) is 5.69. The SMILES string of the molecule is NCCCC(=O)NCc1ccnc2[nH]ccc12. The molecule has 2 heterocycles. The van der Waals surface area contributed by atoms with Crippen LogP contribution in [0.15, 0.2) is 24.5 Å². The fourth-order valence-electron chi connectivity index (χ4n) is 1.72. The highest BCUT2D eigenvalue weighted by atomic mass is 16.1. The van der Waals surface area contributed by atoms with Gasteiger partial charge in [0.05, 0.1) is 0 Å². The maximum Gasteiger partial charge on any atom is 0.220 e. The van der Waals surface area contributed by atoms with Crippen LogP contribution in [0.3, 0.4) is 0 Å². The van der Waals surface area contributed by atoms with Gasteiger partial charge >= 0.3 is 0 Å². The molecule has 0 saturated heterocycles. The largest absolute Gasteiger partial charge is 0.352 e. The van der Waals surface area contributed by atoms with Crippen LogP contribution in [0, 0.1) is 0 Å². The van der Waals surface area contributed by atoms with Crippen LogP contribution in [0.1, 0.15) is 18.4 Å². The van der Waals surface area contributed by atoms with Gasteiger partial charge in [0.25, 0.3) is 0 Å². The lowest BCUT2D eigenvalue weighted by Gasteiger charge is -2.05. The average Bonchev–Trinajstić information content (AvgIpc) is 2.82. The zero-order valence-corrected chi connectivity index (χ0v) is 9.57. The van der Waals surface area contributed by atoms with E-state index in [1.807, 2.05) is 18.3 Å². The molecule has 0 spiro atoms. The molecule has 17 heavy (non-hydrogen) atoms. The molecule has 0 unspecified atom stereocenters. The first-order valence-electron chi connectivity index (χ1n) is 5.69. The van der Waals surface area contributed by atoms with Crippen LogP contribution in [0.5, 0.6) is 0 Å². The molecule has 4 N–H and O–H groups in total. The van der Waals surface area contributed by atoms with E-state index in [9.17, 15) is 4.79 Å². The van der Waals surface area contributed by atoms with Crippen molar-refractivity contribution < 1.29 is 4.79 Å². The Hall–Kier alpha value is -1.88. The fourth-order valence-corrected chi connectivity index (χ4v) is 1.72. The molecule has 0 bridgehead atoms. The van der Waals surface area contributed by atoms with Crippen molar-refractivity contribution in [1.29, 1.82) is 0 Å². The number of H-pyrrole nitrogens is 1. The van der Waals surface area contributed by atoms with Gasteiger partial charge in [-0.25, -0.2) is 4.98 Å². The van der Waals surface area contributed by atoms with Crippen molar-refractivity contribution in [2.75, 3.05) is 6.54 Å². The maximum atomic E-state index is 11.5. The number of pyridine rings is 1. The second-order valence-corrected chi connectivity index (χ2v) is 3.88. The highest BCUT2D eigenvalue weighted by Gasteiger charge is 2.04. The molecule has 1 amide bonds. The average molecular weight is 232 g/mol. The highest BCUT2D eigenvalue weighted by molar-refractivity contribution is 5.80. The molecule has 0 aliphatic rings. The Morgan fingerprint density at radius 2 is 2.35 bits per heavy atom. The lowest BCUT2D eigenvalue weighted by atomic mass is 10.2. The Balaban J connectivity index is 1.99. The molecule has 2 aromatic heterocycles. The van der Waals surface area contributed by atoms with Crippen LogP contribution in [-0.2, 0) is 11.3 Å². The number of nitrogens with two attached hydrogens (primary N) is 1. The standard InChI is InChI=1S/C12H16N4O/c13-5-1-2-11(17)16-8-9-3-6-14-12-10(9)4-7-15-12/h3-4,6-7H,1-2,5,8,13H2,(H,14,15)(H,16,17). The number of hydrogen-bond acceptors (Lipinski definition) is 3. The number of rotatable bonds is 5. The van der Waals surface area contributed by atoms with E-state index < -0.39 is 0 Å². The Morgan fingerprint density at radius 1 is 1.47 bits per heavy atom. The van der Waals surface area contributed by atoms with Crippen LogP contribution < -0.4 is 11.1 Å². The molecule has 0 aliphatic carbocycles. The summed E-state index contributed by atoms with van der Waals surface area (Å²) in [5.74, 6) is 0.0379. The monoisotopic (exact) mass is 232 g/mol. The van der Waals surface area contributed by atoms with Gasteiger partial charge < -0.3 is 16.0 Å². The molecular formula is C12H16N4O. The Bertz CT molecular complexity index is 506. The molecular weight excluding hydrogens is 216 g/mol. The second kappa shape index (κ2) is 5.45. The van der Waals surface area contributed by atoms with E-state index >= 15 is 0 Å². The molecule has 0 aromatic carbocycles. The highest BCUT2D eigenvalue weighted by Crippen LogP contribution is 2.14. The molecule has 0 aliphatic heterocycles. The Morgan fingerprint density at radius 3 is 3.18 bits per heavy atom. The van der Waals surface area contributed by atoms with Gasteiger partial charge in [-0.05, 0) is 30.7 Å². The minimum absolute atomic E-state index is 0.0379. The summed E-state index contributed by atoms with van der Waals surface area (Å²) < 4.78 is 0. The summed E-state index contributed by atoms with van der Waals surface area (Å²) in [5, 5.41) is 3.93. The Kier molecular flexibility index (Phi) is 3.72. The number of nitrogens with one attached hydrogen (secondary N) is 2. The van der Waals surface area contributed by atoms with Crippen molar-refractivity contribution in [2.24, 2.45) is 5.73 Å².